The van der Waals surface area contributed by atoms with E-state index in [1.54, 1.807) is 6.33 Å². The Kier molecular flexibility index (Phi) is 3.47. The molecule has 0 atom stereocenters. The first-order valence-electron chi connectivity index (χ1n) is 6.03. The van der Waals surface area contributed by atoms with Crippen LogP contribution >= 0.6 is 0 Å². The highest BCUT2D eigenvalue weighted by molar-refractivity contribution is 4.97. The second-order valence-electron chi connectivity index (χ2n) is 5.43. The average molecular weight is 248 g/mol. The van der Waals surface area contributed by atoms with E-state index in [1.165, 1.54) is 0 Å². The fourth-order valence-electron chi connectivity index (χ4n) is 1.60. The summed E-state index contributed by atoms with van der Waals surface area (Å²) in [6, 6.07) is 0. The Hall–Kier alpha value is -1.69. The van der Waals surface area contributed by atoms with E-state index in [1.807, 2.05) is 24.0 Å². The molecule has 0 aromatic carbocycles. The van der Waals surface area contributed by atoms with Gasteiger partial charge < -0.3 is 14.5 Å². The summed E-state index contributed by atoms with van der Waals surface area (Å²) < 4.78 is 4.00. The first kappa shape index (κ1) is 12.8. The number of aromatic nitrogens is 5. The number of nitrogens with one attached hydrogen (secondary N) is 1. The van der Waals surface area contributed by atoms with Gasteiger partial charge in [0.2, 0.25) is 0 Å². The van der Waals surface area contributed by atoms with Gasteiger partial charge in [-0.3, -0.25) is 0 Å². The second kappa shape index (κ2) is 4.89. The Bertz CT molecular complexity index is 505. The molecule has 0 saturated carbocycles. The monoisotopic (exact) mass is 248 g/mol. The maximum atomic E-state index is 4.37. The molecule has 2 heterocycles. The summed E-state index contributed by atoms with van der Waals surface area (Å²) in [5.41, 5.74) is 0.0849. The fraction of sp³-hybridized carbons (Fsp3) is 0.583. The van der Waals surface area contributed by atoms with Crippen molar-refractivity contribution in [2.45, 2.75) is 39.4 Å². The van der Waals surface area contributed by atoms with E-state index in [0.717, 1.165) is 18.2 Å². The molecule has 6 heteroatoms. The Morgan fingerprint density at radius 2 is 2.06 bits per heavy atom. The molecule has 2 aromatic rings. The van der Waals surface area contributed by atoms with Gasteiger partial charge in [0.1, 0.15) is 12.2 Å². The van der Waals surface area contributed by atoms with Gasteiger partial charge in [0.15, 0.2) is 5.82 Å². The van der Waals surface area contributed by atoms with E-state index < -0.39 is 0 Å². The van der Waals surface area contributed by atoms with Crippen molar-refractivity contribution in [3.8, 4) is 0 Å². The fourth-order valence-corrected chi connectivity index (χ4v) is 1.60. The van der Waals surface area contributed by atoms with Crippen LogP contribution in [0.25, 0.3) is 0 Å². The third kappa shape index (κ3) is 3.16. The molecule has 6 nitrogen and oxygen atoms in total. The number of hydrogen-bond acceptors (Lipinski definition) is 4. The van der Waals surface area contributed by atoms with Crippen LogP contribution in [0.4, 0.5) is 0 Å². The molecule has 18 heavy (non-hydrogen) atoms. The van der Waals surface area contributed by atoms with Crippen molar-refractivity contribution in [1.82, 2.24) is 29.6 Å². The van der Waals surface area contributed by atoms with Crippen molar-refractivity contribution in [2.24, 2.45) is 7.05 Å². The van der Waals surface area contributed by atoms with Gasteiger partial charge in [0.25, 0.3) is 0 Å². The molecule has 1 N–H and O–H groups in total. The van der Waals surface area contributed by atoms with E-state index in [4.69, 9.17) is 0 Å². The summed E-state index contributed by atoms with van der Waals surface area (Å²) in [4.78, 5) is 4.37. The summed E-state index contributed by atoms with van der Waals surface area (Å²) in [7, 11) is 1.94. The van der Waals surface area contributed by atoms with Crippen molar-refractivity contribution < 1.29 is 0 Å². The predicted molar refractivity (Wildman–Crippen MR) is 68.9 cm³/mol. The van der Waals surface area contributed by atoms with Crippen molar-refractivity contribution in [2.75, 3.05) is 0 Å². The second-order valence-corrected chi connectivity index (χ2v) is 5.43. The third-order valence-electron chi connectivity index (χ3n) is 2.70. The van der Waals surface area contributed by atoms with E-state index in [2.05, 4.69) is 45.8 Å². The summed E-state index contributed by atoms with van der Waals surface area (Å²) in [5, 5.41) is 11.4. The van der Waals surface area contributed by atoms with Crippen molar-refractivity contribution in [1.29, 1.82) is 0 Å². The van der Waals surface area contributed by atoms with Crippen LogP contribution in [0.2, 0.25) is 0 Å². The first-order valence-corrected chi connectivity index (χ1v) is 6.03. The Morgan fingerprint density at radius 3 is 2.67 bits per heavy atom. The highest BCUT2D eigenvalue weighted by Gasteiger charge is 2.12. The number of imidazole rings is 1. The van der Waals surface area contributed by atoms with Crippen molar-refractivity contribution in [3.63, 3.8) is 0 Å². The zero-order chi connectivity index (χ0) is 13.2. The zero-order valence-corrected chi connectivity index (χ0v) is 11.4. The molecule has 98 valence electrons. The number of aryl methyl sites for hydroxylation is 1. The molecular formula is C12H20N6. The lowest BCUT2D eigenvalue weighted by molar-refractivity contribution is 0.412. The normalized spacial score (nSPS) is 12.0. The lowest BCUT2D eigenvalue weighted by atomic mass is 10.1. The highest BCUT2D eigenvalue weighted by atomic mass is 15.3. The largest absolute Gasteiger partial charge is 0.326 e. The molecule has 2 aromatic heterocycles. The lowest BCUT2D eigenvalue weighted by Crippen LogP contribution is -2.36. The molecule has 0 bridgehead atoms. The summed E-state index contributed by atoms with van der Waals surface area (Å²) in [5.74, 6) is 1.93. The van der Waals surface area contributed by atoms with E-state index in [9.17, 15) is 0 Å². The standard InChI is InChI=1S/C12H20N6/c1-12(2,3)14-7-10-13-5-6-18(10)8-11-16-15-9-17(11)4/h5-6,9,14H,7-8H2,1-4H3. The summed E-state index contributed by atoms with van der Waals surface area (Å²) >= 11 is 0. The van der Waals surface area contributed by atoms with Crippen molar-refractivity contribution in [3.05, 3.63) is 30.4 Å². The molecule has 0 aliphatic heterocycles. The molecule has 0 fully saturated rings. The van der Waals surface area contributed by atoms with Gasteiger partial charge in [-0.25, -0.2) is 4.98 Å². The SMILES string of the molecule is Cn1cnnc1Cn1ccnc1CNC(C)(C)C. The minimum atomic E-state index is 0.0849. The topological polar surface area (TPSA) is 60.6 Å². The molecule has 2 rings (SSSR count). The van der Waals surface area contributed by atoms with E-state index >= 15 is 0 Å². The van der Waals surface area contributed by atoms with Gasteiger partial charge in [-0.2, -0.15) is 0 Å². The van der Waals surface area contributed by atoms with Gasteiger partial charge >= 0.3 is 0 Å². The van der Waals surface area contributed by atoms with Crippen LogP contribution in [0, 0.1) is 0 Å². The minimum absolute atomic E-state index is 0.0849. The van der Waals surface area contributed by atoms with Crippen LogP contribution in [0.5, 0.6) is 0 Å². The van der Waals surface area contributed by atoms with E-state index in [0.29, 0.717) is 6.54 Å². The predicted octanol–water partition coefficient (Wildman–Crippen LogP) is 0.948. The van der Waals surface area contributed by atoms with Crippen LogP contribution < -0.4 is 5.32 Å². The number of hydrogen-bond donors (Lipinski definition) is 1. The molecule has 0 amide bonds. The van der Waals surface area contributed by atoms with Crippen LogP contribution in [0.15, 0.2) is 18.7 Å². The number of nitrogens with zero attached hydrogens (tertiary/aromatic N) is 5. The van der Waals surface area contributed by atoms with Crippen LogP contribution in [-0.4, -0.2) is 29.9 Å². The molecule has 0 saturated heterocycles. The Balaban J connectivity index is 2.06. The molecule has 0 aliphatic carbocycles. The van der Waals surface area contributed by atoms with Gasteiger partial charge in [-0.15, -0.1) is 10.2 Å². The summed E-state index contributed by atoms with van der Waals surface area (Å²) in [6.45, 7) is 7.86. The Labute approximate surface area is 107 Å². The van der Waals surface area contributed by atoms with Crippen LogP contribution in [0.1, 0.15) is 32.4 Å². The quantitative estimate of drug-likeness (QED) is 0.875. The van der Waals surface area contributed by atoms with E-state index in [-0.39, 0.29) is 5.54 Å². The van der Waals surface area contributed by atoms with Crippen LogP contribution in [0.3, 0.4) is 0 Å². The summed E-state index contributed by atoms with van der Waals surface area (Å²) in [6.07, 6.45) is 5.49. The maximum absolute atomic E-state index is 4.37. The smallest absolute Gasteiger partial charge is 0.152 e. The highest BCUT2D eigenvalue weighted by Crippen LogP contribution is 2.05. The van der Waals surface area contributed by atoms with Crippen LogP contribution in [-0.2, 0) is 20.1 Å². The van der Waals surface area contributed by atoms with Gasteiger partial charge in [0.05, 0.1) is 13.1 Å². The molecule has 0 radical (unpaired) electrons. The third-order valence-corrected chi connectivity index (χ3v) is 2.70. The van der Waals surface area contributed by atoms with Gasteiger partial charge in [-0.1, -0.05) is 0 Å². The maximum Gasteiger partial charge on any atom is 0.152 e. The van der Waals surface area contributed by atoms with Crippen molar-refractivity contribution >= 4 is 0 Å². The zero-order valence-electron chi connectivity index (χ0n) is 11.4. The molecular weight excluding hydrogens is 228 g/mol. The molecule has 0 unspecified atom stereocenters. The lowest BCUT2D eigenvalue weighted by Gasteiger charge is -2.20. The molecule has 0 aliphatic rings. The molecule has 0 spiro atoms. The minimum Gasteiger partial charge on any atom is -0.326 e. The number of rotatable bonds is 4. The van der Waals surface area contributed by atoms with Gasteiger partial charge in [0, 0.05) is 25.0 Å². The average Bonchev–Trinajstić information content (AvgIpc) is 2.86. The first-order chi connectivity index (χ1) is 8.46. The Morgan fingerprint density at radius 1 is 1.28 bits per heavy atom. The van der Waals surface area contributed by atoms with Gasteiger partial charge in [-0.05, 0) is 20.8 Å².